The summed E-state index contributed by atoms with van der Waals surface area (Å²) >= 11 is 13.1. The zero-order chi connectivity index (χ0) is 27.4. The summed E-state index contributed by atoms with van der Waals surface area (Å²) in [6.07, 6.45) is 2.33. The molecule has 2 aromatic carbocycles. The average molecular weight is 555 g/mol. The molecule has 2 aromatic rings. The van der Waals surface area contributed by atoms with E-state index in [0.29, 0.717) is 45.5 Å². The quantitative estimate of drug-likeness (QED) is 0.414. The van der Waals surface area contributed by atoms with Gasteiger partial charge in [0.1, 0.15) is 6.61 Å². The fraction of sp³-hybridized carbons (Fsp3) is 0.419. The highest BCUT2D eigenvalue weighted by molar-refractivity contribution is 6.32. The van der Waals surface area contributed by atoms with Gasteiger partial charge in [-0.15, -0.1) is 0 Å². The molecule has 0 atom stereocenters. The summed E-state index contributed by atoms with van der Waals surface area (Å²) in [6, 6.07) is 11.1. The Labute approximate surface area is 234 Å². The van der Waals surface area contributed by atoms with Crippen molar-refractivity contribution in [3.8, 4) is 11.5 Å². The van der Waals surface area contributed by atoms with E-state index in [2.05, 4.69) is 33.0 Å². The summed E-state index contributed by atoms with van der Waals surface area (Å²) < 4.78 is 11.8. The third-order valence-electron chi connectivity index (χ3n) is 7.63. The smallest absolute Gasteiger partial charge is 0.180 e. The number of carbonyl (C=O) groups is 2. The number of ketones is 2. The molecule has 200 valence electrons. The molecule has 0 aromatic heterocycles. The first-order chi connectivity index (χ1) is 17.9. The molecule has 2 aliphatic carbocycles. The Morgan fingerprint density at radius 1 is 0.868 bits per heavy atom. The van der Waals surface area contributed by atoms with Gasteiger partial charge in [-0.1, -0.05) is 69.1 Å². The van der Waals surface area contributed by atoms with Crippen LogP contribution < -0.4 is 14.8 Å². The zero-order valence-corrected chi connectivity index (χ0v) is 24.0. The Kier molecular flexibility index (Phi) is 6.90. The Balaban J connectivity index is 1.60. The lowest BCUT2D eigenvalue weighted by Crippen LogP contribution is -2.42. The Morgan fingerprint density at radius 2 is 1.45 bits per heavy atom. The number of hydrogen-bond acceptors (Lipinski definition) is 5. The first kappa shape index (κ1) is 26.8. The van der Waals surface area contributed by atoms with Crippen LogP contribution in [0.5, 0.6) is 11.5 Å². The van der Waals surface area contributed by atoms with Crippen LogP contribution in [0.15, 0.2) is 58.9 Å². The molecule has 0 spiro atoms. The number of halogens is 2. The number of benzene rings is 2. The van der Waals surface area contributed by atoms with E-state index in [4.69, 9.17) is 32.7 Å². The minimum atomic E-state index is -0.502. The monoisotopic (exact) mass is 553 g/mol. The van der Waals surface area contributed by atoms with Gasteiger partial charge in [0.2, 0.25) is 0 Å². The fourth-order valence-electron chi connectivity index (χ4n) is 6.03. The molecule has 0 bridgehead atoms. The lowest BCUT2D eigenvalue weighted by Gasteiger charge is -2.44. The average Bonchev–Trinajstić information content (AvgIpc) is 2.80. The zero-order valence-electron chi connectivity index (χ0n) is 22.5. The number of ether oxygens (including phenoxy) is 2. The predicted molar refractivity (Wildman–Crippen MR) is 150 cm³/mol. The number of carbonyl (C=O) groups excluding carboxylic acids is 2. The molecule has 38 heavy (non-hydrogen) atoms. The standard InChI is InChI=1S/C31H33Cl2NO4/c1-30(2)12-21-27(23(35)14-30)26(28-22(34-21)13-31(3,4)15-24(28)36)18-10-20(33)29(25(11-18)37-5)38-16-17-8-6-7-9-19(17)32/h6-11,26,34H,12-16H2,1-5H3. The molecular weight excluding hydrogens is 521 g/mol. The van der Waals surface area contributed by atoms with E-state index < -0.39 is 5.92 Å². The molecule has 0 saturated heterocycles. The van der Waals surface area contributed by atoms with Crippen molar-refractivity contribution in [3.05, 3.63) is 80.1 Å². The van der Waals surface area contributed by atoms with Gasteiger partial charge in [-0.3, -0.25) is 9.59 Å². The third kappa shape index (κ3) is 4.99. The highest BCUT2D eigenvalue weighted by Gasteiger charge is 2.46. The number of nitrogens with one attached hydrogen (secondary N) is 1. The van der Waals surface area contributed by atoms with E-state index in [9.17, 15) is 9.59 Å². The van der Waals surface area contributed by atoms with Crippen LogP contribution in [0.1, 0.15) is 70.4 Å². The Bertz CT molecular complexity index is 1350. The van der Waals surface area contributed by atoms with Crippen LogP contribution in [0.3, 0.4) is 0 Å². The SMILES string of the molecule is COc1cc(C2C3=C(CC(C)(C)CC3=O)NC3=C2C(=O)CC(C)(C)C3)cc(Cl)c1OCc1ccccc1Cl. The van der Waals surface area contributed by atoms with Crippen LogP contribution in [-0.2, 0) is 16.2 Å². The first-order valence-electron chi connectivity index (χ1n) is 12.9. The highest BCUT2D eigenvalue weighted by Crippen LogP contribution is 2.52. The van der Waals surface area contributed by atoms with Crippen LogP contribution in [0.2, 0.25) is 10.0 Å². The summed E-state index contributed by atoms with van der Waals surface area (Å²) in [5, 5.41) is 4.49. The van der Waals surface area contributed by atoms with E-state index >= 15 is 0 Å². The molecule has 0 saturated carbocycles. The maximum absolute atomic E-state index is 13.6. The lowest BCUT2D eigenvalue weighted by atomic mass is 9.64. The van der Waals surface area contributed by atoms with Gasteiger partial charge in [-0.2, -0.15) is 0 Å². The van der Waals surface area contributed by atoms with Crippen molar-refractivity contribution < 1.29 is 19.1 Å². The number of dihydropyridines is 1. The van der Waals surface area contributed by atoms with Gasteiger partial charge in [0.05, 0.1) is 12.1 Å². The molecular formula is C31H33Cl2NO4. The maximum atomic E-state index is 13.6. The number of allylic oxidation sites excluding steroid dienone is 4. The van der Waals surface area contributed by atoms with Crippen molar-refractivity contribution >= 4 is 34.8 Å². The van der Waals surface area contributed by atoms with E-state index in [1.165, 1.54) is 0 Å². The van der Waals surface area contributed by atoms with E-state index in [1.54, 1.807) is 19.2 Å². The number of methoxy groups -OCH3 is 1. The van der Waals surface area contributed by atoms with Gasteiger partial charge in [0.15, 0.2) is 23.1 Å². The molecule has 1 aliphatic heterocycles. The number of Topliss-reactive ketones (excluding diaryl/α,β-unsaturated/α-hetero) is 2. The molecule has 0 fully saturated rings. The number of rotatable bonds is 5. The van der Waals surface area contributed by atoms with E-state index in [0.717, 1.165) is 35.4 Å². The van der Waals surface area contributed by atoms with Gasteiger partial charge < -0.3 is 14.8 Å². The minimum Gasteiger partial charge on any atom is -0.493 e. The van der Waals surface area contributed by atoms with Gasteiger partial charge in [-0.05, 0) is 47.4 Å². The van der Waals surface area contributed by atoms with Gasteiger partial charge in [-0.25, -0.2) is 0 Å². The maximum Gasteiger partial charge on any atom is 0.180 e. The van der Waals surface area contributed by atoms with E-state index in [1.807, 2.05) is 24.3 Å². The van der Waals surface area contributed by atoms with Crippen molar-refractivity contribution in [1.29, 1.82) is 0 Å². The summed E-state index contributed by atoms with van der Waals surface area (Å²) in [4.78, 5) is 27.2. The fourth-order valence-corrected chi connectivity index (χ4v) is 6.50. The van der Waals surface area contributed by atoms with Gasteiger partial charge in [0, 0.05) is 51.9 Å². The van der Waals surface area contributed by atoms with Crippen molar-refractivity contribution in [2.45, 2.75) is 65.9 Å². The largest absolute Gasteiger partial charge is 0.493 e. The van der Waals surface area contributed by atoms with Crippen molar-refractivity contribution in [2.75, 3.05) is 7.11 Å². The van der Waals surface area contributed by atoms with Crippen LogP contribution in [-0.4, -0.2) is 18.7 Å². The molecule has 0 amide bonds. The molecule has 5 nitrogen and oxygen atoms in total. The van der Waals surface area contributed by atoms with Crippen molar-refractivity contribution in [3.63, 3.8) is 0 Å². The summed E-state index contributed by atoms with van der Waals surface area (Å²) in [7, 11) is 1.55. The van der Waals surface area contributed by atoms with E-state index in [-0.39, 0.29) is 29.0 Å². The lowest BCUT2D eigenvalue weighted by molar-refractivity contribution is -0.119. The number of hydrogen-bond donors (Lipinski definition) is 1. The van der Waals surface area contributed by atoms with Gasteiger partial charge >= 0.3 is 0 Å². The Hall–Kier alpha value is -2.76. The van der Waals surface area contributed by atoms with Crippen LogP contribution in [0, 0.1) is 10.8 Å². The molecule has 7 heteroatoms. The molecule has 0 radical (unpaired) electrons. The molecule has 3 aliphatic rings. The minimum absolute atomic E-state index is 0.0621. The molecule has 0 unspecified atom stereocenters. The second-order valence-electron chi connectivity index (χ2n) is 12.1. The van der Waals surface area contributed by atoms with Crippen molar-refractivity contribution in [1.82, 2.24) is 5.32 Å². The summed E-state index contributed by atoms with van der Waals surface area (Å²) in [6.45, 7) is 8.65. The second kappa shape index (κ2) is 9.77. The topological polar surface area (TPSA) is 64.6 Å². The highest BCUT2D eigenvalue weighted by atomic mass is 35.5. The molecule has 1 N–H and O–H groups in total. The summed E-state index contributed by atoms with van der Waals surface area (Å²) in [5.41, 5.74) is 4.41. The second-order valence-corrected chi connectivity index (χ2v) is 13.0. The van der Waals surface area contributed by atoms with Crippen LogP contribution in [0.25, 0.3) is 0 Å². The van der Waals surface area contributed by atoms with Crippen LogP contribution >= 0.6 is 23.2 Å². The summed E-state index contributed by atoms with van der Waals surface area (Å²) in [5.74, 6) is 0.452. The van der Waals surface area contributed by atoms with Crippen molar-refractivity contribution in [2.24, 2.45) is 10.8 Å². The van der Waals surface area contributed by atoms with Crippen LogP contribution in [0.4, 0.5) is 0 Å². The third-order valence-corrected chi connectivity index (χ3v) is 8.28. The Morgan fingerprint density at radius 3 is 2.00 bits per heavy atom. The molecule has 1 heterocycles. The first-order valence-corrected chi connectivity index (χ1v) is 13.7. The van der Waals surface area contributed by atoms with Gasteiger partial charge in [0.25, 0.3) is 0 Å². The normalized spacial score (nSPS) is 20.6. The molecule has 5 rings (SSSR count). The predicted octanol–water partition coefficient (Wildman–Crippen LogP) is 7.55.